The molecule has 9 heteroatoms. The zero-order valence-corrected chi connectivity index (χ0v) is 12.4. The molecule has 3 amide bonds. The number of carbonyl (C=O) groups is 4. The highest BCUT2D eigenvalue weighted by Gasteiger charge is 2.36. The molecule has 1 heterocycles. The van der Waals surface area contributed by atoms with E-state index in [0.29, 0.717) is 19.4 Å². The largest absolute Gasteiger partial charge is 0.480 e. The third kappa shape index (κ3) is 4.69. The number of nitrogens with one attached hydrogen (secondary N) is 1. The van der Waals surface area contributed by atoms with Gasteiger partial charge in [0.15, 0.2) is 0 Å². The number of amides is 3. The number of carboxylic acids is 1. The summed E-state index contributed by atoms with van der Waals surface area (Å²) < 4.78 is 0. The van der Waals surface area contributed by atoms with E-state index in [1.54, 1.807) is 0 Å². The van der Waals surface area contributed by atoms with E-state index in [4.69, 9.17) is 16.6 Å². The zero-order chi connectivity index (χ0) is 16.9. The summed E-state index contributed by atoms with van der Waals surface area (Å²) in [6.07, 6.45) is 1.19. The van der Waals surface area contributed by atoms with Crippen molar-refractivity contribution in [2.24, 2.45) is 11.5 Å². The van der Waals surface area contributed by atoms with Crippen LogP contribution in [-0.2, 0) is 19.2 Å². The summed E-state index contributed by atoms with van der Waals surface area (Å²) in [6, 6.07) is -2.67. The fourth-order valence-corrected chi connectivity index (χ4v) is 2.31. The number of nitrogens with zero attached hydrogens (tertiary/aromatic N) is 1. The minimum absolute atomic E-state index is 0.00629. The van der Waals surface area contributed by atoms with E-state index in [9.17, 15) is 19.2 Å². The average Bonchev–Trinajstić information content (AvgIpc) is 2.92. The number of hydrogen-bond donors (Lipinski definition) is 4. The summed E-state index contributed by atoms with van der Waals surface area (Å²) >= 11 is 0. The van der Waals surface area contributed by atoms with Crippen LogP contribution in [0.3, 0.4) is 0 Å². The van der Waals surface area contributed by atoms with Gasteiger partial charge in [0.2, 0.25) is 17.7 Å². The van der Waals surface area contributed by atoms with Crippen LogP contribution in [0.1, 0.15) is 32.6 Å². The van der Waals surface area contributed by atoms with E-state index in [-0.39, 0.29) is 12.8 Å². The van der Waals surface area contributed by atoms with Gasteiger partial charge in [-0.15, -0.1) is 0 Å². The maximum atomic E-state index is 12.2. The van der Waals surface area contributed by atoms with Crippen molar-refractivity contribution in [2.45, 2.75) is 50.7 Å². The molecule has 0 bridgehead atoms. The van der Waals surface area contributed by atoms with Gasteiger partial charge in [-0.2, -0.15) is 0 Å². The van der Waals surface area contributed by atoms with E-state index in [0.717, 1.165) is 0 Å². The molecular formula is C13H22N4O5. The Morgan fingerprint density at radius 3 is 2.55 bits per heavy atom. The van der Waals surface area contributed by atoms with Crippen LogP contribution in [0.5, 0.6) is 0 Å². The van der Waals surface area contributed by atoms with Gasteiger partial charge in [0.25, 0.3) is 0 Å². The van der Waals surface area contributed by atoms with Gasteiger partial charge < -0.3 is 26.8 Å². The molecule has 0 aromatic heterocycles. The number of likely N-dealkylation sites (tertiary alicyclic amines) is 1. The number of aliphatic carboxylic acids is 1. The fourth-order valence-electron chi connectivity index (χ4n) is 2.31. The molecule has 0 radical (unpaired) electrons. The molecule has 124 valence electrons. The molecule has 0 aromatic carbocycles. The monoisotopic (exact) mass is 314 g/mol. The first-order valence-electron chi connectivity index (χ1n) is 7.11. The quantitative estimate of drug-likeness (QED) is 0.432. The van der Waals surface area contributed by atoms with E-state index in [1.165, 1.54) is 11.8 Å². The lowest BCUT2D eigenvalue weighted by Crippen LogP contribution is -2.53. The van der Waals surface area contributed by atoms with Crippen molar-refractivity contribution in [3.63, 3.8) is 0 Å². The minimum Gasteiger partial charge on any atom is -0.480 e. The van der Waals surface area contributed by atoms with Crippen LogP contribution in [0.4, 0.5) is 0 Å². The van der Waals surface area contributed by atoms with E-state index >= 15 is 0 Å². The molecule has 0 aliphatic carbocycles. The second kappa shape index (κ2) is 7.74. The first kappa shape index (κ1) is 17.9. The second-order valence-corrected chi connectivity index (χ2v) is 5.37. The summed E-state index contributed by atoms with van der Waals surface area (Å²) in [6.45, 7) is 1.72. The first-order valence-corrected chi connectivity index (χ1v) is 7.11. The van der Waals surface area contributed by atoms with Crippen LogP contribution in [-0.4, -0.2) is 58.4 Å². The van der Waals surface area contributed by atoms with Gasteiger partial charge in [-0.3, -0.25) is 19.2 Å². The maximum Gasteiger partial charge on any atom is 0.325 e. The highest BCUT2D eigenvalue weighted by molar-refractivity contribution is 5.92. The number of nitrogens with two attached hydrogens (primary N) is 2. The Balaban J connectivity index is 2.65. The summed E-state index contributed by atoms with van der Waals surface area (Å²) in [5, 5.41) is 11.1. The summed E-state index contributed by atoms with van der Waals surface area (Å²) in [4.78, 5) is 47.2. The molecule has 0 unspecified atom stereocenters. The highest BCUT2D eigenvalue weighted by atomic mass is 16.4. The number of primary amides is 1. The number of carbonyl (C=O) groups excluding carboxylic acids is 3. The predicted molar refractivity (Wildman–Crippen MR) is 76.4 cm³/mol. The van der Waals surface area contributed by atoms with Gasteiger partial charge in [-0.1, -0.05) is 0 Å². The Labute approximate surface area is 128 Å². The van der Waals surface area contributed by atoms with Crippen molar-refractivity contribution in [1.29, 1.82) is 0 Å². The number of hydrogen-bond acceptors (Lipinski definition) is 5. The Morgan fingerprint density at radius 1 is 1.36 bits per heavy atom. The third-order valence-electron chi connectivity index (χ3n) is 3.59. The number of rotatable bonds is 7. The minimum atomic E-state index is -1.15. The molecule has 0 saturated carbocycles. The summed E-state index contributed by atoms with van der Waals surface area (Å²) in [5.41, 5.74) is 10.7. The standard InChI is InChI=1S/C13H22N4O5/c1-7(13(21)22)16-11(19)9-3-2-6-17(9)12(20)8(14)4-5-10(15)18/h7-9H,2-6,14H2,1H3,(H2,15,18)(H,16,19)(H,21,22)/t7-,8-,9-/m0/s1. The normalized spacial score (nSPS) is 20.3. The van der Waals surface area contributed by atoms with Gasteiger partial charge in [0.1, 0.15) is 12.1 Å². The maximum absolute atomic E-state index is 12.2. The van der Waals surface area contributed by atoms with Gasteiger partial charge in [0.05, 0.1) is 6.04 Å². The molecule has 9 nitrogen and oxygen atoms in total. The highest BCUT2D eigenvalue weighted by Crippen LogP contribution is 2.19. The van der Waals surface area contributed by atoms with E-state index in [1.807, 2.05) is 0 Å². The van der Waals surface area contributed by atoms with Crippen LogP contribution in [0.15, 0.2) is 0 Å². The summed E-state index contributed by atoms with van der Waals surface area (Å²) in [7, 11) is 0. The molecule has 0 spiro atoms. The number of carboxylic acid groups (broad SMARTS) is 1. The lowest BCUT2D eigenvalue weighted by atomic mass is 10.1. The van der Waals surface area contributed by atoms with Crippen LogP contribution in [0.25, 0.3) is 0 Å². The summed E-state index contributed by atoms with van der Waals surface area (Å²) in [5.74, 6) is -2.64. The van der Waals surface area contributed by atoms with Crippen molar-refractivity contribution in [3.05, 3.63) is 0 Å². The molecule has 1 aliphatic heterocycles. The molecule has 1 rings (SSSR count). The Bertz CT molecular complexity index is 467. The van der Waals surface area contributed by atoms with Gasteiger partial charge >= 0.3 is 5.97 Å². The molecule has 22 heavy (non-hydrogen) atoms. The molecular weight excluding hydrogens is 292 g/mol. The first-order chi connectivity index (χ1) is 10.2. The lowest BCUT2D eigenvalue weighted by Gasteiger charge is -2.27. The van der Waals surface area contributed by atoms with Crippen LogP contribution >= 0.6 is 0 Å². The van der Waals surface area contributed by atoms with Crippen LogP contribution < -0.4 is 16.8 Å². The van der Waals surface area contributed by atoms with Crippen molar-refractivity contribution < 1.29 is 24.3 Å². The van der Waals surface area contributed by atoms with Gasteiger partial charge in [0, 0.05) is 13.0 Å². The molecule has 0 aromatic rings. The molecule has 1 fully saturated rings. The predicted octanol–water partition coefficient (Wildman–Crippen LogP) is -1.84. The lowest BCUT2D eigenvalue weighted by molar-refractivity contribution is -0.143. The van der Waals surface area contributed by atoms with Crippen molar-refractivity contribution in [2.75, 3.05) is 6.54 Å². The van der Waals surface area contributed by atoms with Gasteiger partial charge in [-0.05, 0) is 26.2 Å². The van der Waals surface area contributed by atoms with Crippen molar-refractivity contribution >= 4 is 23.7 Å². The van der Waals surface area contributed by atoms with E-state index in [2.05, 4.69) is 5.32 Å². The van der Waals surface area contributed by atoms with Gasteiger partial charge in [-0.25, -0.2) is 0 Å². The van der Waals surface area contributed by atoms with Crippen LogP contribution in [0.2, 0.25) is 0 Å². The average molecular weight is 314 g/mol. The Kier molecular flexibility index (Phi) is 6.29. The Hall–Kier alpha value is -2.16. The SMILES string of the molecule is C[C@H](NC(=O)[C@@H]1CCCN1C(=O)[C@@H](N)CCC(N)=O)C(=O)O. The smallest absolute Gasteiger partial charge is 0.325 e. The van der Waals surface area contributed by atoms with Crippen molar-refractivity contribution in [3.8, 4) is 0 Å². The second-order valence-electron chi connectivity index (χ2n) is 5.37. The fraction of sp³-hybridized carbons (Fsp3) is 0.692. The topological polar surface area (TPSA) is 156 Å². The van der Waals surface area contributed by atoms with Crippen LogP contribution in [0, 0.1) is 0 Å². The molecule has 1 saturated heterocycles. The van der Waals surface area contributed by atoms with E-state index < -0.39 is 41.8 Å². The van der Waals surface area contributed by atoms with Crippen molar-refractivity contribution in [1.82, 2.24) is 10.2 Å². The zero-order valence-electron chi connectivity index (χ0n) is 12.4. The molecule has 6 N–H and O–H groups in total. The Morgan fingerprint density at radius 2 is 2.00 bits per heavy atom. The molecule has 1 aliphatic rings. The molecule has 3 atom stereocenters. The third-order valence-corrected chi connectivity index (χ3v) is 3.59.